The Kier molecular flexibility index (Phi) is 3.24. The summed E-state index contributed by atoms with van der Waals surface area (Å²) in [5.74, 6) is 0. The molecule has 1 aliphatic carbocycles. The first-order chi connectivity index (χ1) is 7.66. The predicted octanol–water partition coefficient (Wildman–Crippen LogP) is 0.0613. The van der Waals surface area contributed by atoms with Crippen LogP contribution in [0.25, 0.3) is 0 Å². The van der Waals surface area contributed by atoms with Gasteiger partial charge in [-0.15, -0.1) is 0 Å². The first kappa shape index (κ1) is 11.1. The molecule has 1 saturated carbocycles. The van der Waals surface area contributed by atoms with Crippen molar-refractivity contribution in [2.24, 2.45) is 0 Å². The van der Waals surface area contributed by atoms with E-state index in [1.165, 1.54) is 17.5 Å². The van der Waals surface area contributed by atoms with Gasteiger partial charge in [0, 0.05) is 32.7 Å². The molecule has 0 radical (unpaired) electrons. The zero-order valence-corrected chi connectivity index (χ0v) is 9.81. The van der Waals surface area contributed by atoms with Gasteiger partial charge < -0.3 is 10.2 Å². The molecule has 1 fully saturated rings. The highest BCUT2D eigenvalue weighted by atomic mass is 16.1. The van der Waals surface area contributed by atoms with Gasteiger partial charge in [0.1, 0.15) is 0 Å². The molecule has 0 spiro atoms. The molecule has 0 bridgehead atoms. The van der Waals surface area contributed by atoms with E-state index >= 15 is 0 Å². The van der Waals surface area contributed by atoms with Crippen molar-refractivity contribution in [2.75, 3.05) is 25.5 Å². The van der Waals surface area contributed by atoms with E-state index in [0.29, 0.717) is 12.6 Å². The Morgan fingerprint density at radius 1 is 1.56 bits per heavy atom. The zero-order chi connectivity index (χ0) is 11.5. The van der Waals surface area contributed by atoms with Crippen LogP contribution in [-0.4, -0.2) is 36.5 Å². The van der Waals surface area contributed by atoms with Gasteiger partial charge in [-0.25, -0.2) is 4.68 Å². The summed E-state index contributed by atoms with van der Waals surface area (Å²) in [5.41, 5.74) is 0.806. The Hall–Kier alpha value is -1.36. The normalized spacial score (nSPS) is 15.1. The molecule has 0 aliphatic heterocycles. The monoisotopic (exact) mass is 222 g/mol. The molecule has 1 aliphatic rings. The second-order valence-corrected chi connectivity index (χ2v) is 4.40. The third-order valence-electron chi connectivity index (χ3n) is 2.71. The molecule has 2 rings (SSSR count). The molecule has 5 nitrogen and oxygen atoms in total. The van der Waals surface area contributed by atoms with Crippen LogP contribution in [0.3, 0.4) is 0 Å². The number of hydrogen-bond acceptors (Lipinski definition) is 4. The Morgan fingerprint density at radius 2 is 2.31 bits per heavy atom. The Labute approximate surface area is 95.1 Å². The van der Waals surface area contributed by atoms with Gasteiger partial charge in [0.2, 0.25) is 0 Å². The van der Waals surface area contributed by atoms with Crippen molar-refractivity contribution in [1.82, 2.24) is 15.1 Å². The highest BCUT2D eigenvalue weighted by Crippen LogP contribution is 2.17. The maximum atomic E-state index is 11.7. The Bertz CT molecular complexity index is 409. The second-order valence-electron chi connectivity index (χ2n) is 4.40. The van der Waals surface area contributed by atoms with Crippen LogP contribution in [0.15, 0.2) is 17.1 Å². The van der Waals surface area contributed by atoms with Gasteiger partial charge in [-0.1, -0.05) is 0 Å². The third kappa shape index (κ3) is 2.82. The van der Waals surface area contributed by atoms with Crippen molar-refractivity contribution in [3.63, 3.8) is 0 Å². The van der Waals surface area contributed by atoms with Crippen molar-refractivity contribution < 1.29 is 0 Å². The predicted molar refractivity (Wildman–Crippen MR) is 63.8 cm³/mol. The van der Waals surface area contributed by atoms with E-state index in [9.17, 15) is 4.79 Å². The minimum Gasteiger partial charge on any atom is -0.376 e. The van der Waals surface area contributed by atoms with E-state index in [1.807, 2.05) is 19.0 Å². The molecule has 0 saturated heterocycles. The van der Waals surface area contributed by atoms with Gasteiger partial charge >= 0.3 is 0 Å². The number of anilines is 1. The summed E-state index contributed by atoms with van der Waals surface area (Å²) in [7, 11) is 3.80. The largest absolute Gasteiger partial charge is 0.376 e. The summed E-state index contributed by atoms with van der Waals surface area (Å²) in [4.78, 5) is 13.6. The molecule has 0 atom stereocenters. The highest BCUT2D eigenvalue weighted by Gasteiger charge is 2.19. The first-order valence-corrected chi connectivity index (χ1v) is 5.64. The van der Waals surface area contributed by atoms with Gasteiger partial charge in [0.15, 0.2) is 0 Å². The fourth-order valence-corrected chi connectivity index (χ4v) is 1.50. The number of nitrogens with one attached hydrogen (secondary N) is 1. The average molecular weight is 222 g/mol. The van der Waals surface area contributed by atoms with Crippen LogP contribution in [0.5, 0.6) is 0 Å². The maximum absolute atomic E-state index is 11.7. The fraction of sp³-hybridized carbons (Fsp3) is 0.636. The molecule has 1 heterocycles. The van der Waals surface area contributed by atoms with Gasteiger partial charge in [-0.2, -0.15) is 5.10 Å². The van der Waals surface area contributed by atoms with E-state index < -0.39 is 0 Å². The lowest BCUT2D eigenvalue weighted by atomic mass is 10.4. The summed E-state index contributed by atoms with van der Waals surface area (Å²) in [6.45, 7) is 1.46. The van der Waals surface area contributed by atoms with Crippen molar-refractivity contribution in [1.29, 1.82) is 0 Å². The van der Waals surface area contributed by atoms with Crippen LogP contribution in [0, 0.1) is 0 Å². The lowest BCUT2D eigenvalue weighted by molar-refractivity contribution is 0.530. The fourth-order valence-electron chi connectivity index (χ4n) is 1.50. The van der Waals surface area contributed by atoms with Gasteiger partial charge in [0.25, 0.3) is 5.56 Å². The van der Waals surface area contributed by atoms with E-state index in [2.05, 4.69) is 10.4 Å². The minimum atomic E-state index is -0.0382. The molecule has 1 N–H and O–H groups in total. The van der Waals surface area contributed by atoms with Crippen LogP contribution < -0.4 is 15.8 Å². The molecular weight excluding hydrogens is 204 g/mol. The minimum absolute atomic E-state index is 0.0382. The summed E-state index contributed by atoms with van der Waals surface area (Å²) in [6, 6.07) is 2.29. The molecule has 88 valence electrons. The van der Waals surface area contributed by atoms with E-state index in [-0.39, 0.29) is 5.56 Å². The van der Waals surface area contributed by atoms with Gasteiger partial charge in [0.05, 0.1) is 18.4 Å². The van der Waals surface area contributed by atoms with Crippen molar-refractivity contribution in [3.8, 4) is 0 Å². The molecule has 16 heavy (non-hydrogen) atoms. The molecule has 1 aromatic heterocycles. The average Bonchev–Trinajstić information content (AvgIpc) is 3.04. The van der Waals surface area contributed by atoms with Crippen LogP contribution in [0.1, 0.15) is 12.8 Å². The Balaban J connectivity index is 1.95. The molecule has 5 heteroatoms. The quantitative estimate of drug-likeness (QED) is 0.765. The summed E-state index contributed by atoms with van der Waals surface area (Å²) >= 11 is 0. The van der Waals surface area contributed by atoms with Crippen LogP contribution >= 0.6 is 0 Å². The molecule has 0 aromatic carbocycles. The third-order valence-corrected chi connectivity index (χ3v) is 2.71. The van der Waals surface area contributed by atoms with Gasteiger partial charge in [-0.3, -0.25) is 4.79 Å². The van der Waals surface area contributed by atoms with E-state index in [0.717, 1.165) is 12.2 Å². The smallest absolute Gasteiger partial charge is 0.268 e. The first-order valence-electron chi connectivity index (χ1n) is 5.64. The van der Waals surface area contributed by atoms with Crippen molar-refractivity contribution >= 4 is 5.69 Å². The zero-order valence-electron chi connectivity index (χ0n) is 9.81. The van der Waals surface area contributed by atoms with E-state index in [4.69, 9.17) is 0 Å². The lowest BCUT2D eigenvalue weighted by Gasteiger charge is -2.12. The number of hydrogen-bond donors (Lipinski definition) is 1. The molecule has 1 aromatic rings. The lowest BCUT2D eigenvalue weighted by Crippen LogP contribution is -2.30. The highest BCUT2D eigenvalue weighted by molar-refractivity contribution is 5.40. The van der Waals surface area contributed by atoms with Gasteiger partial charge in [-0.05, 0) is 12.8 Å². The van der Waals surface area contributed by atoms with Crippen LogP contribution in [-0.2, 0) is 6.54 Å². The van der Waals surface area contributed by atoms with Crippen molar-refractivity contribution in [3.05, 3.63) is 22.6 Å². The number of aromatic nitrogens is 2. The topological polar surface area (TPSA) is 50.2 Å². The number of rotatable bonds is 5. The van der Waals surface area contributed by atoms with Crippen LogP contribution in [0.4, 0.5) is 5.69 Å². The Morgan fingerprint density at radius 3 is 2.88 bits per heavy atom. The molecular formula is C11H18N4O. The molecule has 0 unspecified atom stereocenters. The standard InChI is InChI=1S/C11H18N4O/c1-14(2)10-7-11(16)15(13-8-10)6-5-12-9-3-4-9/h7-9,12H,3-6H2,1-2H3. The SMILES string of the molecule is CN(C)c1cnn(CCNC2CC2)c(=O)c1. The maximum Gasteiger partial charge on any atom is 0.268 e. The van der Waals surface area contributed by atoms with Crippen LogP contribution in [0.2, 0.25) is 0 Å². The van der Waals surface area contributed by atoms with Crippen molar-refractivity contribution in [2.45, 2.75) is 25.4 Å². The molecule has 0 amide bonds. The number of nitrogens with zero attached hydrogens (tertiary/aromatic N) is 3. The summed E-state index contributed by atoms with van der Waals surface area (Å²) in [6.07, 6.45) is 4.25. The summed E-state index contributed by atoms with van der Waals surface area (Å²) < 4.78 is 1.50. The second kappa shape index (κ2) is 4.65. The van der Waals surface area contributed by atoms with E-state index in [1.54, 1.807) is 12.3 Å². The summed E-state index contributed by atoms with van der Waals surface area (Å²) in [5, 5.41) is 7.50.